The van der Waals surface area contributed by atoms with Crippen molar-refractivity contribution in [2.45, 2.75) is 257 Å². The molecule has 0 N–H and O–H groups in total. The highest BCUT2D eigenvalue weighted by atomic mass is 28.3. The molecule has 0 unspecified atom stereocenters. The summed E-state index contributed by atoms with van der Waals surface area (Å²) in [7, 11) is -0.507. The van der Waals surface area contributed by atoms with E-state index in [1.165, 1.54) is 211 Å². The Hall–Kier alpha value is -0.563. The van der Waals surface area contributed by atoms with Gasteiger partial charge in [-0.3, -0.25) is 0 Å². The van der Waals surface area contributed by atoms with E-state index in [2.05, 4.69) is 44.2 Å². The minimum absolute atomic E-state index is 0.507. The lowest BCUT2D eigenvalue weighted by Gasteiger charge is -2.15. The molecule has 0 atom stereocenters. The normalized spacial score (nSPS) is 11.6. The van der Waals surface area contributed by atoms with E-state index in [0.717, 1.165) is 0 Å². The first kappa shape index (κ1) is 44.5. The van der Waals surface area contributed by atoms with Crippen molar-refractivity contribution in [2.24, 2.45) is 0 Å². The van der Waals surface area contributed by atoms with Gasteiger partial charge in [0.15, 0.2) is 0 Å². The fraction of sp³-hybridized carbons (Fsp3) is 0.870. The average Bonchev–Trinajstić information content (AvgIpc) is 3.09. The van der Waals surface area contributed by atoms with Crippen molar-refractivity contribution in [1.82, 2.24) is 0 Å². The minimum Gasteiger partial charge on any atom is -0.0654 e. The van der Waals surface area contributed by atoms with E-state index in [1.807, 2.05) is 0 Å². The van der Waals surface area contributed by atoms with Crippen LogP contribution in [-0.4, -0.2) is 8.80 Å². The molecule has 0 spiro atoms. The fourth-order valence-electron chi connectivity index (χ4n) is 7.80. The zero-order valence-electron chi connectivity index (χ0n) is 32.8. The van der Waals surface area contributed by atoms with Crippen molar-refractivity contribution in [1.29, 1.82) is 0 Å². The Kier molecular flexibility index (Phi) is 36.2. The second-order valence-corrected chi connectivity index (χ2v) is 19.2. The van der Waals surface area contributed by atoms with Crippen molar-refractivity contribution in [3.05, 3.63) is 35.9 Å². The lowest BCUT2D eigenvalue weighted by molar-refractivity contribution is 0.545. The zero-order valence-corrected chi connectivity index (χ0v) is 34.0. The van der Waals surface area contributed by atoms with Gasteiger partial charge in [0.25, 0.3) is 0 Å². The molecule has 0 aliphatic rings. The number of hydrogen-bond donors (Lipinski definition) is 0. The first-order chi connectivity index (χ1) is 23.4. The maximum atomic E-state index is 2.32. The summed E-state index contributed by atoms with van der Waals surface area (Å²) in [5.74, 6) is 0. The second kappa shape index (κ2) is 38.2. The average molecular weight is 669 g/mol. The summed E-state index contributed by atoms with van der Waals surface area (Å²) in [6, 6.07) is 16.0. The highest BCUT2D eigenvalue weighted by molar-refractivity contribution is 6.58. The number of aryl methyl sites for hydroxylation is 1. The highest BCUT2D eigenvalue weighted by Crippen LogP contribution is 2.21. The third kappa shape index (κ3) is 33.7. The summed E-state index contributed by atoms with van der Waals surface area (Å²) in [6.45, 7) is 4.65. The molecule has 0 amide bonds. The smallest absolute Gasteiger partial charge is 0.0367 e. The third-order valence-electron chi connectivity index (χ3n) is 11.1. The topological polar surface area (TPSA) is 0 Å². The van der Waals surface area contributed by atoms with Crippen molar-refractivity contribution in [2.75, 3.05) is 0 Å². The lowest BCUT2D eigenvalue weighted by atomic mass is 10.0. The van der Waals surface area contributed by atoms with Crippen LogP contribution in [0.3, 0.4) is 0 Å². The fourth-order valence-corrected chi connectivity index (χ4v) is 11.3. The molecule has 0 heterocycles. The van der Waals surface area contributed by atoms with Gasteiger partial charge in [0.1, 0.15) is 0 Å². The van der Waals surface area contributed by atoms with Crippen LogP contribution in [0.15, 0.2) is 30.3 Å². The molecule has 0 aromatic heterocycles. The molecule has 1 heteroatoms. The van der Waals surface area contributed by atoms with Crippen molar-refractivity contribution < 1.29 is 0 Å². The van der Waals surface area contributed by atoms with E-state index in [0.29, 0.717) is 0 Å². The van der Waals surface area contributed by atoms with Gasteiger partial charge in [-0.25, -0.2) is 0 Å². The third-order valence-corrected chi connectivity index (χ3v) is 14.8. The summed E-state index contributed by atoms with van der Waals surface area (Å²) >= 11 is 0. The Labute approximate surface area is 300 Å². The monoisotopic (exact) mass is 669 g/mol. The number of benzene rings is 1. The van der Waals surface area contributed by atoms with Gasteiger partial charge in [-0.2, -0.15) is 0 Å². The van der Waals surface area contributed by atoms with Crippen molar-refractivity contribution in [3.63, 3.8) is 0 Å². The Morgan fingerprint density at radius 2 is 0.553 bits per heavy atom. The number of hydrogen-bond acceptors (Lipinski definition) is 0. The van der Waals surface area contributed by atoms with Crippen LogP contribution in [0.5, 0.6) is 0 Å². The Balaban J connectivity index is 2.07. The first-order valence-electron chi connectivity index (χ1n) is 22.4. The van der Waals surface area contributed by atoms with Gasteiger partial charge in [-0.15, -0.1) is 0 Å². The van der Waals surface area contributed by atoms with Crippen LogP contribution < -0.4 is 0 Å². The van der Waals surface area contributed by atoms with Crippen LogP contribution >= 0.6 is 0 Å². The van der Waals surface area contributed by atoms with Crippen LogP contribution in [-0.2, 0) is 6.42 Å². The van der Waals surface area contributed by atoms with Gasteiger partial charge < -0.3 is 0 Å². The molecular formula is C46H88Si. The van der Waals surface area contributed by atoms with Gasteiger partial charge in [-0.1, -0.05) is 274 Å². The van der Waals surface area contributed by atoms with Crippen LogP contribution in [0, 0.1) is 0 Å². The van der Waals surface area contributed by atoms with Crippen LogP contribution in [0.4, 0.5) is 0 Å². The van der Waals surface area contributed by atoms with Gasteiger partial charge in [0.05, 0.1) is 0 Å². The Morgan fingerprint density at radius 3 is 0.851 bits per heavy atom. The zero-order chi connectivity index (χ0) is 33.6. The summed E-state index contributed by atoms with van der Waals surface area (Å²) in [5, 5.41) is 0. The van der Waals surface area contributed by atoms with Gasteiger partial charge in [-0.05, 0) is 18.4 Å². The summed E-state index contributed by atoms with van der Waals surface area (Å²) in [4.78, 5) is 0. The molecule has 276 valence electrons. The van der Waals surface area contributed by atoms with Crippen LogP contribution in [0.25, 0.3) is 0 Å². The SMILES string of the molecule is CCCCCCCCCCCCCC[SiH](CCCCCCCCCCCCCC)CCCCCCCCCCCCc1ccccc1. The van der Waals surface area contributed by atoms with E-state index in [1.54, 1.807) is 37.4 Å². The molecular weight excluding hydrogens is 581 g/mol. The summed E-state index contributed by atoms with van der Waals surface area (Å²) in [5.41, 5.74) is 1.51. The highest BCUT2D eigenvalue weighted by Gasteiger charge is 2.10. The summed E-state index contributed by atoms with van der Waals surface area (Å²) < 4.78 is 0. The van der Waals surface area contributed by atoms with E-state index in [9.17, 15) is 0 Å². The predicted octanol–water partition coefficient (Wildman–Crippen LogP) is 16.8. The molecule has 0 nitrogen and oxygen atoms in total. The lowest BCUT2D eigenvalue weighted by Crippen LogP contribution is -2.12. The molecule has 0 aliphatic heterocycles. The standard InChI is InChI=1S/C46H88Si/c1-3-5-7-9-11-13-15-18-22-26-30-37-43-47(44-38-31-27-23-19-16-14-12-10-8-6-4-2)45-39-32-28-24-20-17-21-25-29-34-40-46-41-35-33-36-42-46/h33,35-36,41-42,47H,3-32,34,37-40,43-45H2,1-2H3. The molecule has 0 fully saturated rings. The Morgan fingerprint density at radius 1 is 0.298 bits per heavy atom. The molecule has 0 saturated carbocycles. The maximum absolute atomic E-state index is 2.32. The second-order valence-electron chi connectivity index (χ2n) is 15.8. The number of unbranched alkanes of at least 4 members (excludes halogenated alkanes) is 31. The maximum Gasteiger partial charge on any atom is 0.0367 e. The molecule has 1 aromatic rings. The van der Waals surface area contributed by atoms with Crippen LogP contribution in [0.1, 0.15) is 238 Å². The van der Waals surface area contributed by atoms with Gasteiger partial charge >= 0.3 is 0 Å². The molecule has 1 rings (SSSR count). The first-order valence-corrected chi connectivity index (χ1v) is 24.9. The molecule has 0 aliphatic carbocycles. The summed E-state index contributed by atoms with van der Waals surface area (Å²) in [6.07, 6.45) is 51.7. The molecule has 1 aromatic carbocycles. The van der Waals surface area contributed by atoms with Gasteiger partial charge in [0.2, 0.25) is 0 Å². The van der Waals surface area contributed by atoms with E-state index in [-0.39, 0.29) is 0 Å². The Bertz CT molecular complexity index is 656. The van der Waals surface area contributed by atoms with E-state index < -0.39 is 8.80 Å². The van der Waals surface area contributed by atoms with Crippen LogP contribution in [0.2, 0.25) is 18.1 Å². The van der Waals surface area contributed by atoms with Crippen molar-refractivity contribution >= 4 is 8.80 Å². The quantitative estimate of drug-likeness (QED) is 0.0484. The number of rotatable bonds is 39. The van der Waals surface area contributed by atoms with E-state index in [4.69, 9.17) is 0 Å². The molecule has 0 bridgehead atoms. The largest absolute Gasteiger partial charge is 0.0654 e. The minimum atomic E-state index is -0.507. The molecule has 0 radical (unpaired) electrons. The van der Waals surface area contributed by atoms with E-state index >= 15 is 0 Å². The molecule has 47 heavy (non-hydrogen) atoms. The van der Waals surface area contributed by atoms with Crippen molar-refractivity contribution in [3.8, 4) is 0 Å². The molecule has 0 saturated heterocycles. The van der Waals surface area contributed by atoms with Gasteiger partial charge in [0, 0.05) is 8.80 Å². The predicted molar refractivity (Wildman–Crippen MR) is 220 cm³/mol.